The van der Waals surface area contributed by atoms with Crippen LogP contribution in [0.25, 0.3) is 0 Å². The first-order chi connectivity index (χ1) is 23.5. The van der Waals surface area contributed by atoms with Crippen LogP contribution in [0.3, 0.4) is 0 Å². The summed E-state index contributed by atoms with van der Waals surface area (Å²) in [6.45, 7) is 5.05. The molecule has 2 aromatic heterocycles. The Labute approximate surface area is 287 Å². The average Bonchev–Trinajstić information content (AvgIpc) is 3.53. The zero-order chi connectivity index (χ0) is 36.2. The number of benzene rings is 2. The van der Waals surface area contributed by atoms with Crippen molar-refractivity contribution in [2.24, 2.45) is 10.4 Å². The van der Waals surface area contributed by atoms with E-state index in [-0.39, 0.29) is 47.2 Å². The molecule has 0 unspecified atom stereocenters. The number of hydrogen-bond acceptors (Lipinski definition) is 10. The fourth-order valence-corrected chi connectivity index (χ4v) is 7.30. The summed E-state index contributed by atoms with van der Waals surface area (Å²) in [6, 6.07) is 4.80. The lowest BCUT2D eigenvalue weighted by molar-refractivity contribution is -0.137. The summed E-state index contributed by atoms with van der Waals surface area (Å²) in [6.07, 6.45) is 5.07. The first-order valence-corrected chi connectivity index (χ1v) is 17.8. The van der Waals surface area contributed by atoms with Gasteiger partial charge in [0, 0.05) is 48.3 Å². The fraction of sp³-hybridized carbons (Fsp3) is 0.364. The molecule has 0 saturated heterocycles. The van der Waals surface area contributed by atoms with Crippen LogP contribution in [0.4, 0.5) is 28.9 Å². The van der Waals surface area contributed by atoms with Crippen molar-refractivity contribution in [3.05, 3.63) is 75.4 Å². The van der Waals surface area contributed by atoms with Crippen molar-refractivity contribution in [3.63, 3.8) is 0 Å². The number of ether oxygens (including phenoxy) is 1. The molecule has 0 atom stereocenters. The molecule has 1 amide bonds. The first kappa shape index (κ1) is 35.0. The minimum absolute atomic E-state index is 0.0441. The molecule has 0 N–H and O–H groups in total. The summed E-state index contributed by atoms with van der Waals surface area (Å²) < 4.78 is 93.6. The number of nitrogens with zero attached hydrogens (tertiary/aromatic N) is 5. The molecule has 50 heavy (non-hydrogen) atoms. The maximum absolute atomic E-state index is 14.5. The minimum Gasteiger partial charge on any atom is -0.481 e. The minimum atomic E-state index is -4.71. The molecule has 1 aliphatic carbocycles. The number of terminal acetylenes is 1. The van der Waals surface area contributed by atoms with Gasteiger partial charge in [-0.2, -0.15) is 17.5 Å². The van der Waals surface area contributed by atoms with Crippen molar-refractivity contribution < 1.29 is 44.8 Å². The summed E-state index contributed by atoms with van der Waals surface area (Å²) >= 11 is 1.24. The zero-order valence-electron chi connectivity index (χ0n) is 26.9. The summed E-state index contributed by atoms with van der Waals surface area (Å²) in [4.78, 5) is 30.5. The molecule has 1 fully saturated rings. The number of carbonyl (C=O) groups is 2. The number of fused-ring (bicyclic) bond motifs is 2. The van der Waals surface area contributed by atoms with Crippen LogP contribution in [-0.2, 0) is 33.8 Å². The molecule has 4 aromatic rings. The number of ketones is 1. The van der Waals surface area contributed by atoms with Gasteiger partial charge in [-0.25, -0.2) is 17.8 Å². The van der Waals surface area contributed by atoms with Gasteiger partial charge in [0.15, 0.2) is 33.8 Å². The van der Waals surface area contributed by atoms with Crippen molar-refractivity contribution in [3.8, 4) is 18.1 Å². The van der Waals surface area contributed by atoms with Gasteiger partial charge in [-0.05, 0) is 42.5 Å². The van der Waals surface area contributed by atoms with E-state index in [1.165, 1.54) is 34.8 Å². The Morgan fingerprint density at radius 1 is 1.20 bits per heavy atom. The number of alkyl halides is 3. The van der Waals surface area contributed by atoms with Crippen LogP contribution in [0.15, 0.2) is 50.9 Å². The van der Waals surface area contributed by atoms with Gasteiger partial charge in [0.05, 0.1) is 34.5 Å². The molecular formula is C33H29F4N5O6S2. The average molecular weight is 732 g/mol. The number of amides is 1. The Balaban J connectivity index is 0.000000174. The third-order valence-corrected chi connectivity index (χ3v) is 10.1. The highest BCUT2D eigenvalue weighted by Gasteiger charge is 2.36. The van der Waals surface area contributed by atoms with E-state index < -0.39 is 38.1 Å². The van der Waals surface area contributed by atoms with E-state index in [1.807, 2.05) is 4.57 Å². The third-order valence-electron chi connectivity index (χ3n) is 8.18. The summed E-state index contributed by atoms with van der Waals surface area (Å²) in [5.41, 5.74) is -0.692. The summed E-state index contributed by atoms with van der Waals surface area (Å²) in [7, 11) is -4.04. The molecule has 1 saturated carbocycles. The molecule has 3 aliphatic rings. The smallest absolute Gasteiger partial charge is 0.416 e. The van der Waals surface area contributed by atoms with Crippen LogP contribution in [0.1, 0.15) is 65.7 Å². The van der Waals surface area contributed by atoms with Gasteiger partial charge in [-0.1, -0.05) is 24.9 Å². The van der Waals surface area contributed by atoms with Gasteiger partial charge >= 0.3 is 6.18 Å². The van der Waals surface area contributed by atoms with E-state index in [2.05, 4.69) is 34.3 Å². The second-order valence-corrected chi connectivity index (χ2v) is 15.6. The highest BCUT2D eigenvalue weighted by atomic mass is 32.2. The SMILES string of the molecule is C#CCN1C(=O)COc2cc(F)c(N=c3snc4n3CC(C)(C)C4)cc21.CS(=O)(=O)c1cc(C(F)(F)F)ccc1C(=O)c1cnoc1C1CC1. The molecule has 2 aromatic carbocycles. The predicted molar refractivity (Wildman–Crippen MR) is 172 cm³/mol. The molecule has 11 nitrogen and oxygen atoms in total. The Bertz CT molecular complexity index is 2240. The molecule has 7 rings (SSSR count). The number of aromatic nitrogens is 3. The second kappa shape index (κ2) is 12.8. The molecule has 0 bridgehead atoms. The van der Waals surface area contributed by atoms with Gasteiger partial charge in [-0.3, -0.25) is 14.5 Å². The standard InChI is InChI=1S/C18H17FN4O2S.C15H12F3NO4S/c1-4-5-22-13-7-12(11(19)6-14(13)25-9-16(22)24)20-17-23-10-18(2,3)8-15(23)21-26-17;1-24(21,22)12-6-9(15(16,17)18)4-5-10(12)13(20)11-7-19-23-14(11)8-2-3-8/h1,6-7H,5,8-10H2,2-3H3;4-8H,2-3H2,1H3. The molecule has 4 heterocycles. The highest BCUT2D eigenvalue weighted by Crippen LogP contribution is 2.43. The lowest BCUT2D eigenvalue weighted by Crippen LogP contribution is -2.39. The van der Waals surface area contributed by atoms with Gasteiger partial charge < -0.3 is 13.8 Å². The van der Waals surface area contributed by atoms with Crippen LogP contribution in [0.5, 0.6) is 5.75 Å². The number of carbonyl (C=O) groups excluding carboxylic acids is 2. The molecule has 0 radical (unpaired) electrons. The van der Waals surface area contributed by atoms with Crippen molar-refractivity contribution in [2.75, 3.05) is 24.3 Å². The highest BCUT2D eigenvalue weighted by molar-refractivity contribution is 7.90. The lowest BCUT2D eigenvalue weighted by atomic mass is 9.92. The maximum Gasteiger partial charge on any atom is 0.416 e. The van der Waals surface area contributed by atoms with Crippen molar-refractivity contribution >= 4 is 44.4 Å². The van der Waals surface area contributed by atoms with Crippen LogP contribution < -0.4 is 14.4 Å². The van der Waals surface area contributed by atoms with Gasteiger partial charge in [-0.15, -0.1) is 6.42 Å². The van der Waals surface area contributed by atoms with Gasteiger partial charge in [0.2, 0.25) is 4.80 Å². The van der Waals surface area contributed by atoms with Crippen LogP contribution >= 0.6 is 11.5 Å². The van der Waals surface area contributed by atoms with E-state index in [1.54, 1.807) is 0 Å². The van der Waals surface area contributed by atoms with Gasteiger partial charge in [0.25, 0.3) is 5.91 Å². The van der Waals surface area contributed by atoms with Crippen molar-refractivity contribution in [1.82, 2.24) is 14.1 Å². The third kappa shape index (κ3) is 7.08. The maximum atomic E-state index is 14.5. The second-order valence-electron chi connectivity index (χ2n) is 12.9. The summed E-state index contributed by atoms with van der Waals surface area (Å²) in [5, 5.41) is 3.55. The number of halogens is 4. The van der Waals surface area contributed by atoms with E-state index >= 15 is 0 Å². The number of rotatable bonds is 6. The topological polar surface area (TPSA) is 137 Å². The van der Waals surface area contributed by atoms with E-state index in [0.717, 1.165) is 44.0 Å². The zero-order valence-corrected chi connectivity index (χ0v) is 28.5. The number of sulfone groups is 1. The monoisotopic (exact) mass is 731 g/mol. The number of hydrogen-bond donors (Lipinski definition) is 0. The largest absolute Gasteiger partial charge is 0.481 e. The quantitative estimate of drug-likeness (QED) is 0.145. The normalized spacial score (nSPS) is 17.0. The molecule has 2 aliphatic heterocycles. The molecular weight excluding hydrogens is 703 g/mol. The fourth-order valence-electron chi connectivity index (χ4n) is 5.64. The van der Waals surface area contributed by atoms with Crippen LogP contribution in [0.2, 0.25) is 0 Å². The lowest BCUT2D eigenvalue weighted by Gasteiger charge is -2.28. The van der Waals surface area contributed by atoms with E-state index in [0.29, 0.717) is 34.1 Å². The Kier molecular flexibility index (Phi) is 8.97. The predicted octanol–water partition coefficient (Wildman–Crippen LogP) is 5.46. The first-order valence-electron chi connectivity index (χ1n) is 15.2. The number of anilines is 1. The molecule has 262 valence electrons. The van der Waals surface area contributed by atoms with Crippen molar-refractivity contribution in [2.45, 2.75) is 56.6 Å². The van der Waals surface area contributed by atoms with Crippen molar-refractivity contribution in [1.29, 1.82) is 0 Å². The van der Waals surface area contributed by atoms with Gasteiger partial charge in [0.1, 0.15) is 17.3 Å². The summed E-state index contributed by atoms with van der Waals surface area (Å²) in [5.74, 6) is 2.60. The van der Waals surface area contributed by atoms with Crippen LogP contribution in [0, 0.1) is 23.6 Å². The Morgan fingerprint density at radius 2 is 1.94 bits per heavy atom. The van der Waals surface area contributed by atoms with E-state index in [4.69, 9.17) is 15.7 Å². The molecule has 0 spiro atoms. The Morgan fingerprint density at radius 3 is 2.60 bits per heavy atom. The molecule has 17 heteroatoms. The van der Waals surface area contributed by atoms with Crippen LogP contribution in [-0.4, -0.2) is 53.6 Å². The Hall–Kier alpha value is -4.82. The van der Waals surface area contributed by atoms with E-state index in [9.17, 15) is 35.6 Å².